The van der Waals surface area contributed by atoms with Crippen LogP contribution in [0.25, 0.3) is 0 Å². The number of nitrogens with zero attached hydrogens (tertiary/aromatic N) is 3. The van der Waals surface area contributed by atoms with Crippen molar-refractivity contribution in [3.63, 3.8) is 0 Å². The number of hydrogen-bond donors (Lipinski definition) is 2. The summed E-state index contributed by atoms with van der Waals surface area (Å²) in [5.74, 6) is 0.736. The van der Waals surface area contributed by atoms with Gasteiger partial charge in [0, 0.05) is 19.1 Å². The minimum Gasteiger partial charge on any atom is -0.394 e. The maximum absolute atomic E-state index is 5.76. The third-order valence-electron chi connectivity index (χ3n) is 3.45. The van der Waals surface area contributed by atoms with Crippen LogP contribution in [0.15, 0.2) is 12.5 Å². The van der Waals surface area contributed by atoms with Gasteiger partial charge in [0.1, 0.15) is 6.33 Å². The lowest BCUT2D eigenvalue weighted by Crippen LogP contribution is -2.33. The molecule has 0 spiro atoms. The Morgan fingerprint density at radius 3 is 2.94 bits per heavy atom. The van der Waals surface area contributed by atoms with Crippen molar-refractivity contribution in [1.29, 1.82) is 0 Å². The van der Waals surface area contributed by atoms with E-state index >= 15 is 0 Å². The standard InChI is InChI=1S/C12H21N5/c1-17(10-4-2-3-5-10)7-6-15-12-11(13)8-14-9-16-12/h8-10H,2-7,13H2,1H3,(H,14,15,16). The Labute approximate surface area is 102 Å². The highest BCUT2D eigenvalue weighted by molar-refractivity contribution is 5.58. The predicted octanol–water partition coefficient (Wildman–Crippen LogP) is 1.35. The van der Waals surface area contributed by atoms with Crippen LogP contribution in [0.4, 0.5) is 11.5 Å². The number of nitrogens with two attached hydrogens (primary N) is 1. The maximum Gasteiger partial charge on any atom is 0.152 e. The number of aromatic nitrogens is 2. The van der Waals surface area contributed by atoms with E-state index in [0.717, 1.165) is 24.9 Å². The van der Waals surface area contributed by atoms with Gasteiger partial charge < -0.3 is 16.0 Å². The summed E-state index contributed by atoms with van der Waals surface area (Å²) < 4.78 is 0. The lowest BCUT2D eigenvalue weighted by molar-refractivity contribution is 0.254. The second kappa shape index (κ2) is 5.82. The fourth-order valence-corrected chi connectivity index (χ4v) is 2.37. The van der Waals surface area contributed by atoms with Gasteiger partial charge >= 0.3 is 0 Å². The Kier molecular flexibility index (Phi) is 4.14. The molecule has 0 amide bonds. The molecule has 1 saturated carbocycles. The fourth-order valence-electron chi connectivity index (χ4n) is 2.37. The average Bonchev–Trinajstić information content (AvgIpc) is 2.85. The van der Waals surface area contributed by atoms with Crippen LogP contribution in [0.1, 0.15) is 25.7 Å². The molecule has 0 radical (unpaired) electrons. The summed E-state index contributed by atoms with van der Waals surface area (Å²) in [6, 6.07) is 0.763. The Morgan fingerprint density at radius 2 is 2.24 bits per heavy atom. The molecule has 0 unspecified atom stereocenters. The van der Waals surface area contributed by atoms with Crippen LogP contribution >= 0.6 is 0 Å². The molecule has 94 valence electrons. The minimum atomic E-state index is 0.607. The maximum atomic E-state index is 5.76. The molecule has 1 aromatic heterocycles. The number of likely N-dealkylation sites (N-methyl/N-ethyl adjacent to an activating group) is 1. The summed E-state index contributed by atoms with van der Waals surface area (Å²) in [5, 5.41) is 3.25. The highest BCUT2D eigenvalue weighted by Gasteiger charge is 2.18. The van der Waals surface area contributed by atoms with E-state index < -0.39 is 0 Å². The summed E-state index contributed by atoms with van der Waals surface area (Å²) in [4.78, 5) is 10.4. The Balaban J connectivity index is 1.74. The molecule has 17 heavy (non-hydrogen) atoms. The smallest absolute Gasteiger partial charge is 0.152 e. The topological polar surface area (TPSA) is 67.1 Å². The van der Waals surface area contributed by atoms with E-state index in [1.165, 1.54) is 32.0 Å². The number of nitrogens with one attached hydrogen (secondary N) is 1. The van der Waals surface area contributed by atoms with E-state index in [0.29, 0.717) is 5.69 Å². The number of anilines is 2. The van der Waals surface area contributed by atoms with Crippen molar-refractivity contribution in [2.45, 2.75) is 31.7 Å². The van der Waals surface area contributed by atoms with Crippen LogP contribution in [0.5, 0.6) is 0 Å². The predicted molar refractivity (Wildman–Crippen MR) is 69.8 cm³/mol. The fraction of sp³-hybridized carbons (Fsp3) is 0.667. The van der Waals surface area contributed by atoms with Gasteiger partial charge in [-0.15, -0.1) is 0 Å². The first-order valence-corrected chi connectivity index (χ1v) is 6.27. The van der Waals surface area contributed by atoms with E-state index in [2.05, 4.69) is 27.2 Å². The number of nitrogen functional groups attached to an aromatic ring is 1. The Hall–Kier alpha value is -1.36. The van der Waals surface area contributed by atoms with Gasteiger partial charge in [-0.25, -0.2) is 9.97 Å². The second-order valence-electron chi connectivity index (χ2n) is 4.67. The van der Waals surface area contributed by atoms with Crippen molar-refractivity contribution >= 4 is 11.5 Å². The largest absolute Gasteiger partial charge is 0.394 e. The average molecular weight is 235 g/mol. The molecule has 0 saturated heterocycles. The zero-order chi connectivity index (χ0) is 12.1. The second-order valence-corrected chi connectivity index (χ2v) is 4.67. The van der Waals surface area contributed by atoms with Gasteiger partial charge in [-0.05, 0) is 19.9 Å². The van der Waals surface area contributed by atoms with Gasteiger partial charge in [0.15, 0.2) is 5.82 Å². The third kappa shape index (κ3) is 3.30. The van der Waals surface area contributed by atoms with Gasteiger partial charge in [-0.2, -0.15) is 0 Å². The first kappa shape index (κ1) is 12.1. The zero-order valence-electron chi connectivity index (χ0n) is 10.4. The summed E-state index contributed by atoms with van der Waals surface area (Å²) in [6.07, 6.45) is 8.57. The van der Waals surface area contributed by atoms with Crippen molar-refractivity contribution in [3.05, 3.63) is 12.5 Å². The SMILES string of the molecule is CN(CCNc1ncncc1N)C1CCCC1. The first-order chi connectivity index (χ1) is 8.27. The van der Waals surface area contributed by atoms with E-state index in [9.17, 15) is 0 Å². The molecular formula is C12H21N5. The molecular weight excluding hydrogens is 214 g/mol. The molecule has 2 rings (SSSR count). The van der Waals surface area contributed by atoms with E-state index in [1.54, 1.807) is 6.20 Å². The van der Waals surface area contributed by atoms with Crippen LogP contribution in [-0.2, 0) is 0 Å². The number of rotatable bonds is 5. The monoisotopic (exact) mass is 235 g/mol. The molecule has 1 heterocycles. The van der Waals surface area contributed by atoms with E-state index in [-0.39, 0.29) is 0 Å². The van der Waals surface area contributed by atoms with E-state index in [4.69, 9.17) is 5.73 Å². The Bertz CT molecular complexity index is 349. The van der Waals surface area contributed by atoms with Gasteiger partial charge in [-0.1, -0.05) is 12.8 Å². The zero-order valence-corrected chi connectivity index (χ0v) is 10.4. The molecule has 5 heteroatoms. The molecule has 1 aliphatic carbocycles. The molecule has 0 atom stereocenters. The lowest BCUT2D eigenvalue weighted by atomic mass is 10.2. The molecule has 3 N–H and O–H groups in total. The Morgan fingerprint density at radius 1 is 1.47 bits per heavy atom. The highest BCUT2D eigenvalue weighted by atomic mass is 15.2. The minimum absolute atomic E-state index is 0.607. The summed E-state index contributed by atoms with van der Waals surface area (Å²) >= 11 is 0. The van der Waals surface area contributed by atoms with Crippen molar-refractivity contribution in [2.75, 3.05) is 31.2 Å². The van der Waals surface area contributed by atoms with Crippen molar-refractivity contribution in [3.8, 4) is 0 Å². The summed E-state index contributed by atoms with van der Waals surface area (Å²) in [7, 11) is 2.20. The number of hydrogen-bond acceptors (Lipinski definition) is 5. The van der Waals surface area contributed by atoms with Crippen molar-refractivity contribution in [1.82, 2.24) is 14.9 Å². The van der Waals surface area contributed by atoms with Gasteiger partial charge in [0.25, 0.3) is 0 Å². The molecule has 0 aliphatic heterocycles. The molecule has 0 aromatic carbocycles. The summed E-state index contributed by atoms with van der Waals surface area (Å²) in [5.41, 5.74) is 6.37. The molecule has 5 nitrogen and oxygen atoms in total. The van der Waals surface area contributed by atoms with Crippen LogP contribution in [0.3, 0.4) is 0 Å². The third-order valence-corrected chi connectivity index (χ3v) is 3.45. The lowest BCUT2D eigenvalue weighted by Gasteiger charge is -2.24. The van der Waals surface area contributed by atoms with Gasteiger partial charge in [-0.3, -0.25) is 0 Å². The molecule has 0 bridgehead atoms. The van der Waals surface area contributed by atoms with Gasteiger partial charge in [0.2, 0.25) is 0 Å². The van der Waals surface area contributed by atoms with Crippen LogP contribution < -0.4 is 11.1 Å². The van der Waals surface area contributed by atoms with Crippen molar-refractivity contribution < 1.29 is 0 Å². The quantitative estimate of drug-likeness (QED) is 0.806. The van der Waals surface area contributed by atoms with Gasteiger partial charge in [0.05, 0.1) is 11.9 Å². The normalized spacial score (nSPS) is 16.6. The first-order valence-electron chi connectivity index (χ1n) is 6.27. The molecule has 1 fully saturated rings. The summed E-state index contributed by atoms with van der Waals surface area (Å²) in [6.45, 7) is 1.89. The van der Waals surface area contributed by atoms with Crippen molar-refractivity contribution in [2.24, 2.45) is 0 Å². The highest BCUT2D eigenvalue weighted by Crippen LogP contribution is 2.22. The molecule has 1 aromatic rings. The van der Waals surface area contributed by atoms with Crippen LogP contribution in [0.2, 0.25) is 0 Å². The van der Waals surface area contributed by atoms with Crippen LogP contribution in [0, 0.1) is 0 Å². The van der Waals surface area contributed by atoms with E-state index in [1.807, 2.05) is 0 Å². The molecule has 1 aliphatic rings. The van der Waals surface area contributed by atoms with Crippen LogP contribution in [-0.4, -0.2) is 41.0 Å².